The lowest BCUT2D eigenvalue weighted by Gasteiger charge is -2.36. The van der Waals surface area contributed by atoms with Gasteiger partial charge in [0, 0.05) is 55.4 Å². The van der Waals surface area contributed by atoms with E-state index in [4.69, 9.17) is 4.74 Å². The molecule has 0 amide bonds. The number of rotatable bonds is 5. The van der Waals surface area contributed by atoms with Gasteiger partial charge in [-0.15, -0.1) is 11.3 Å². The number of anilines is 1. The maximum Gasteiger partial charge on any atom is 0.338 e. The third kappa shape index (κ3) is 4.47. The Balaban J connectivity index is 1.52. The average molecular weight is 471 g/mol. The van der Waals surface area contributed by atoms with E-state index in [0.29, 0.717) is 17.4 Å². The number of para-hydroxylation sites is 2. The summed E-state index contributed by atoms with van der Waals surface area (Å²) in [6, 6.07) is 7.97. The molecule has 3 aromatic rings. The van der Waals surface area contributed by atoms with Crippen LogP contribution in [0.25, 0.3) is 10.9 Å². The molecule has 0 aliphatic carbocycles. The molecule has 1 fully saturated rings. The average Bonchev–Trinajstić information content (AvgIpc) is 3.28. The largest absolute Gasteiger partial charge is 0.495 e. The summed E-state index contributed by atoms with van der Waals surface area (Å²) in [5, 5.41) is 3.83. The fraction of sp³-hybridized carbons (Fsp3) is 0.458. The Morgan fingerprint density at radius 2 is 1.73 bits per heavy atom. The number of thiophene rings is 1. The normalized spacial score (nSPS) is 15.2. The van der Waals surface area contributed by atoms with Gasteiger partial charge in [0.1, 0.15) is 5.75 Å². The first-order chi connectivity index (χ1) is 15.7. The van der Waals surface area contributed by atoms with Gasteiger partial charge in [0.2, 0.25) is 5.91 Å². The lowest BCUT2D eigenvalue weighted by Crippen LogP contribution is -2.50. The minimum Gasteiger partial charge on any atom is -0.495 e. The third-order valence-corrected chi connectivity index (χ3v) is 6.79. The molecule has 0 saturated carbocycles. The molecule has 33 heavy (non-hydrogen) atoms. The number of carbonyl (C=O) groups is 1. The van der Waals surface area contributed by atoms with Gasteiger partial charge in [0.25, 0.3) is 5.56 Å². The predicted octanol–water partition coefficient (Wildman–Crippen LogP) is 2.74. The number of piperazine rings is 1. The van der Waals surface area contributed by atoms with Crippen LogP contribution in [-0.4, -0.2) is 59.8 Å². The molecule has 0 spiro atoms. The molecule has 1 aliphatic rings. The van der Waals surface area contributed by atoms with Crippen molar-refractivity contribution in [1.29, 1.82) is 0 Å². The molecule has 0 bridgehead atoms. The van der Waals surface area contributed by atoms with E-state index in [0.717, 1.165) is 37.6 Å². The molecule has 8 nitrogen and oxygen atoms in total. The van der Waals surface area contributed by atoms with Crippen LogP contribution in [0.15, 0.2) is 44.6 Å². The van der Waals surface area contributed by atoms with Crippen LogP contribution in [0, 0.1) is 5.41 Å². The number of hydrogen-bond donors (Lipinski definition) is 0. The lowest BCUT2D eigenvalue weighted by molar-refractivity contribution is 0.0763. The van der Waals surface area contributed by atoms with Crippen LogP contribution in [-0.2, 0) is 6.54 Å². The van der Waals surface area contributed by atoms with Crippen molar-refractivity contribution in [2.24, 2.45) is 5.41 Å². The van der Waals surface area contributed by atoms with E-state index in [1.54, 1.807) is 38.6 Å². The summed E-state index contributed by atoms with van der Waals surface area (Å²) in [5.74, 6) is 0.542. The monoisotopic (exact) mass is 470 g/mol. The summed E-state index contributed by atoms with van der Waals surface area (Å²) in [4.78, 5) is 43.8. The van der Waals surface area contributed by atoms with Gasteiger partial charge in [-0.2, -0.15) is 0 Å². The van der Waals surface area contributed by atoms with E-state index >= 15 is 0 Å². The molecule has 1 aliphatic heterocycles. The van der Waals surface area contributed by atoms with Gasteiger partial charge in [0.15, 0.2) is 0 Å². The number of benzene rings is 1. The minimum atomic E-state index is -0.740. The number of carbonyl (C=O) groups excluding carboxylic acids is 1. The summed E-state index contributed by atoms with van der Waals surface area (Å²) >= 11 is 1.32. The third-order valence-electron chi connectivity index (χ3n) is 6.06. The van der Waals surface area contributed by atoms with Crippen LogP contribution in [0.3, 0.4) is 0 Å². The van der Waals surface area contributed by atoms with Gasteiger partial charge in [-0.05, 0) is 12.1 Å². The predicted molar refractivity (Wildman–Crippen MR) is 132 cm³/mol. The molecule has 4 rings (SSSR count). The van der Waals surface area contributed by atoms with Gasteiger partial charge in [0.05, 0.1) is 23.7 Å². The number of methoxy groups -OCH3 is 1. The lowest BCUT2D eigenvalue weighted by atomic mass is 9.95. The van der Waals surface area contributed by atoms with E-state index < -0.39 is 11.1 Å². The molecule has 1 saturated heterocycles. The second-order valence-corrected chi connectivity index (χ2v) is 10.0. The minimum absolute atomic E-state index is 0.246. The van der Waals surface area contributed by atoms with Crippen molar-refractivity contribution in [3.05, 3.63) is 55.9 Å². The van der Waals surface area contributed by atoms with Gasteiger partial charge in [-0.25, -0.2) is 9.36 Å². The Labute approximate surface area is 196 Å². The first-order valence-corrected chi connectivity index (χ1v) is 12.0. The summed E-state index contributed by atoms with van der Waals surface area (Å²) in [7, 11) is 1.67. The van der Waals surface area contributed by atoms with E-state index in [1.165, 1.54) is 20.5 Å². The Kier molecular flexibility index (Phi) is 6.45. The molecule has 0 radical (unpaired) electrons. The molecular weight excluding hydrogens is 440 g/mol. The number of ether oxygens (including phenoxy) is 1. The van der Waals surface area contributed by atoms with Crippen molar-refractivity contribution in [3.8, 4) is 5.75 Å². The van der Waals surface area contributed by atoms with E-state index in [2.05, 4.69) is 15.9 Å². The maximum absolute atomic E-state index is 13.2. The van der Waals surface area contributed by atoms with E-state index in [1.807, 2.05) is 18.2 Å². The second kappa shape index (κ2) is 9.15. The fourth-order valence-electron chi connectivity index (χ4n) is 4.15. The quantitative estimate of drug-likeness (QED) is 0.571. The fourth-order valence-corrected chi connectivity index (χ4v) is 4.94. The van der Waals surface area contributed by atoms with Crippen LogP contribution >= 0.6 is 11.3 Å². The van der Waals surface area contributed by atoms with E-state index in [-0.39, 0.29) is 18.0 Å². The van der Waals surface area contributed by atoms with Gasteiger partial charge < -0.3 is 9.64 Å². The second-order valence-electron chi connectivity index (χ2n) is 9.30. The van der Waals surface area contributed by atoms with Crippen molar-refractivity contribution in [3.63, 3.8) is 0 Å². The van der Waals surface area contributed by atoms with Gasteiger partial charge in [-0.3, -0.25) is 19.1 Å². The summed E-state index contributed by atoms with van der Waals surface area (Å²) in [6.45, 7) is 9.40. The highest BCUT2D eigenvalue weighted by Crippen LogP contribution is 2.28. The topological polar surface area (TPSA) is 76.8 Å². The number of fused-ring (bicyclic) bond motifs is 1. The summed E-state index contributed by atoms with van der Waals surface area (Å²) in [6.07, 6.45) is 0. The highest BCUT2D eigenvalue weighted by Gasteiger charge is 2.28. The maximum atomic E-state index is 13.2. The Morgan fingerprint density at radius 1 is 1.03 bits per heavy atom. The van der Waals surface area contributed by atoms with E-state index in [9.17, 15) is 14.4 Å². The Morgan fingerprint density at radius 3 is 2.39 bits per heavy atom. The molecule has 1 aromatic carbocycles. The molecule has 0 N–H and O–H groups in total. The van der Waals surface area contributed by atoms with Crippen LogP contribution in [0.2, 0.25) is 0 Å². The first-order valence-electron chi connectivity index (χ1n) is 11.1. The Hall–Kier alpha value is -2.91. The SMILES string of the molecule is COc1ccccc1N1CCN(CCn2c(=O)c3cscc3n(C(=O)C(C)(C)C)c2=O)CC1. The highest BCUT2D eigenvalue weighted by molar-refractivity contribution is 7.09. The molecular formula is C24H30N4O4S. The first kappa shape index (κ1) is 23.3. The molecule has 3 heterocycles. The zero-order valence-electron chi connectivity index (χ0n) is 19.5. The van der Waals surface area contributed by atoms with Crippen molar-refractivity contribution < 1.29 is 9.53 Å². The van der Waals surface area contributed by atoms with Crippen molar-refractivity contribution in [2.75, 3.05) is 44.7 Å². The smallest absolute Gasteiger partial charge is 0.338 e. The molecule has 0 atom stereocenters. The van der Waals surface area contributed by atoms with Crippen molar-refractivity contribution in [1.82, 2.24) is 14.0 Å². The standard InChI is InChI=1S/C24H30N4O4S/c1-24(2,3)22(30)28-19-16-33-15-17(19)21(29)27(23(28)31)14-11-25-9-12-26(13-10-25)18-7-5-6-8-20(18)32-4/h5-8,15-16H,9-14H2,1-4H3. The van der Waals surface area contributed by atoms with Crippen LogP contribution in [0.1, 0.15) is 25.6 Å². The number of hydrogen-bond acceptors (Lipinski definition) is 7. The zero-order chi connectivity index (χ0) is 23.8. The summed E-state index contributed by atoms with van der Waals surface area (Å²) < 4.78 is 7.87. The Bertz CT molecular complexity index is 1280. The van der Waals surface area contributed by atoms with Gasteiger partial charge >= 0.3 is 5.69 Å². The summed E-state index contributed by atoms with van der Waals surface area (Å²) in [5.41, 5.74) is -0.158. The van der Waals surface area contributed by atoms with Crippen molar-refractivity contribution >= 4 is 33.8 Å². The number of aromatic nitrogens is 2. The van der Waals surface area contributed by atoms with Crippen molar-refractivity contribution in [2.45, 2.75) is 27.3 Å². The molecule has 0 unspecified atom stereocenters. The zero-order valence-corrected chi connectivity index (χ0v) is 20.4. The van der Waals surface area contributed by atoms with Crippen LogP contribution in [0.4, 0.5) is 5.69 Å². The number of nitrogens with zero attached hydrogens (tertiary/aromatic N) is 4. The highest BCUT2D eigenvalue weighted by atomic mass is 32.1. The molecule has 2 aromatic heterocycles. The van der Waals surface area contributed by atoms with Crippen LogP contribution < -0.4 is 20.9 Å². The van der Waals surface area contributed by atoms with Gasteiger partial charge in [-0.1, -0.05) is 32.9 Å². The van der Waals surface area contributed by atoms with Crippen LogP contribution in [0.5, 0.6) is 5.75 Å². The molecule has 9 heteroatoms. The molecule has 176 valence electrons.